The average molecular weight is 307 g/mol. The van der Waals surface area contributed by atoms with Gasteiger partial charge >= 0.3 is 12.1 Å². The zero-order valence-electron chi connectivity index (χ0n) is 12.8. The zero-order valence-corrected chi connectivity index (χ0v) is 12.8. The van der Waals surface area contributed by atoms with Crippen LogP contribution in [0.3, 0.4) is 0 Å². The minimum atomic E-state index is -1.28. The van der Waals surface area contributed by atoms with Crippen LogP contribution in [0.4, 0.5) is 4.79 Å². The number of amidine groups is 1. The molecule has 0 aliphatic rings. The number of esters is 1. The standard InChI is InChI=1S/C15H21N3O4/c1-15(2,3)11(18-14(20)21)13(19)22-8-9-4-6-10(7-5-9)12(16)17/h4-7,11,18H,8H2,1-3H3,(H3,16,17)(H,20,21). The molecule has 7 nitrogen and oxygen atoms in total. The molecular formula is C15H21N3O4. The van der Waals surface area contributed by atoms with Crippen LogP contribution in [-0.2, 0) is 16.1 Å². The number of nitrogen functional groups attached to an aromatic ring is 1. The van der Waals surface area contributed by atoms with E-state index in [1.807, 2.05) is 0 Å². The number of rotatable bonds is 5. The summed E-state index contributed by atoms with van der Waals surface area (Å²) in [6, 6.07) is 5.74. The maximum absolute atomic E-state index is 12.1. The molecule has 0 aliphatic heterocycles. The van der Waals surface area contributed by atoms with E-state index in [1.165, 1.54) is 0 Å². The normalized spacial score (nSPS) is 12.3. The van der Waals surface area contributed by atoms with Gasteiger partial charge in [0.15, 0.2) is 0 Å². The Labute approximate surface area is 129 Å². The molecule has 22 heavy (non-hydrogen) atoms. The molecular weight excluding hydrogens is 286 g/mol. The first-order valence-corrected chi connectivity index (χ1v) is 6.70. The van der Waals surface area contributed by atoms with Crippen LogP contribution >= 0.6 is 0 Å². The number of carbonyl (C=O) groups is 2. The Kier molecular flexibility index (Phi) is 5.50. The van der Waals surface area contributed by atoms with Gasteiger partial charge in [-0.2, -0.15) is 0 Å². The quantitative estimate of drug-likeness (QED) is 0.374. The number of nitrogens with one attached hydrogen (secondary N) is 2. The Balaban J connectivity index is 2.70. The second-order valence-electron chi connectivity index (χ2n) is 5.97. The number of carboxylic acid groups (broad SMARTS) is 1. The molecule has 0 spiro atoms. The molecule has 0 saturated heterocycles. The number of hydrogen-bond donors (Lipinski definition) is 4. The van der Waals surface area contributed by atoms with Crippen molar-refractivity contribution in [1.29, 1.82) is 5.41 Å². The van der Waals surface area contributed by atoms with Crippen molar-refractivity contribution in [2.45, 2.75) is 33.4 Å². The predicted molar refractivity (Wildman–Crippen MR) is 81.7 cm³/mol. The minimum Gasteiger partial charge on any atom is -0.465 e. The van der Waals surface area contributed by atoms with E-state index in [4.69, 9.17) is 21.0 Å². The molecule has 1 aromatic rings. The van der Waals surface area contributed by atoms with E-state index in [1.54, 1.807) is 45.0 Å². The number of amides is 1. The van der Waals surface area contributed by atoms with E-state index in [-0.39, 0.29) is 12.4 Å². The molecule has 0 radical (unpaired) electrons. The first-order chi connectivity index (χ1) is 10.1. The van der Waals surface area contributed by atoms with Crippen molar-refractivity contribution in [1.82, 2.24) is 5.32 Å². The molecule has 1 atom stereocenters. The summed E-state index contributed by atoms with van der Waals surface area (Å²) in [5.74, 6) is -0.674. The SMILES string of the molecule is CC(C)(C)C(NC(=O)O)C(=O)OCc1ccc(C(=N)N)cc1. The van der Waals surface area contributed by atoms with Crippen LogP contribution in [0.15, 0.2) is 24.3 Å². The number of benzene rings is 1. The highest BCUT2D eigenvalue weighted by molar-refractivity contribution is 5.94. The Morgan fingerprint density at radius 3 is 2.27 bits per heavy atom. The smallest absolute Gasteiger partial charge is 0.405 e. The predicted octanol–water partition coefficient (Wildman–Crippen LogP) is 1.70. The van der Waals surface area contributed by atoms with Gasteiger partial charge in [0.05, 0.1) is 0 Å². The maximum Gasteiger partial charge on any atom is 0.405 e. The molecule has 1 rings (SSSR count). The zero-order chi connectivity index (χ0) is 16.9. The van der Waals surface area contributed by atoms with E-state index in [2.05, 4.69) is 5.32 Å². The van der Waals surface area contributed by atoms with E-state index in [9.17, 15) is 9.59 Å². The lowest BCUT2D eigenvalue weighted by molar-refractivity contribution is -0.150. The van der Waals surface area contributed by atoms with Gasteiger partial charge in [0.25, 0.3) is 0 Å². The third kappa shape index (κ3) is 5.08. The van der Waals surface area contributed by atoms with Crippen molar-refractivity contribution < 1.29 is 19.4 Å². The molecule has 0 fully saturated rings. The first kappa shape index (κ1) is 17.5. The molecule has 1 unspecified atom stereocenters. The van der Waals surface area contributed by atoms with Crippen LogP contribution in [0.5, 0.6) is 0 Å². The summed E-state index contributed by atoms with van der Waals surface area (Å²) in [5.41, 5.74) is 6.05. The molecule has 0 aromatic heterocycles. The van der Waals surface area contributed by atoms with Crippen LogP contribution in [0.2, 0.25) is 0 Å². The molecule has 0 bridgehead atoms. The van der Waals surface area contributed by atoms with Crippen LogP contribution in [-0.4, -0.2) is 29.0 Å². The van der Waals surface area contributed by atoms with Crippen molar-refractivity contribution >= 4 is 17.9 Å². The molecule has 1 aromatic carbocycles. The van der Waals surface area contributed by atoms with Gasteiger partial charge in [-0.25, -0.2) is 9.59 Å². The van der Waals surface area contributed by atoms with Gasteiger partial charge in [0.1, 0.15) is 18.5 Å². The van der Waals surface area contributed by atoms with Gasteiger partial charge in [-0.15, -0.1) is 0 Å². The van der Waals surface area contributed by atoms with Gasteiger partial charge in [0.2, 0.25) is 0 Å². The molecule has 7 heteroatoms. The Bertz CT molecular complexity index is 561. The number of nitrogens with two attached hydrogens (primary N) is 1. The minimum absolute atomic E-state index is 0.0187. The Hall–Kier alpha value is -2.57. The first-order valence-electron chi connectivity index (χ1n) is 6.70. The second kappa shape index (κ2) is 6.93. The number of carbonyl (C=O) groups excluding carboxylic acids is 1. The molecule has 5 N–H and O–H groups in total. The van der Waals surface area contributed by atoms with E-state index in [0.717, 1.165) is 5.56 Å². The largest absolute Gasteiger partial charge is 0.465 e. The Morgan fingerprint density at radius 2 is 1.86 bits per heavy atom. The number of ether oxygens (including phenoxy) is 1. The van der Waals surface area contributed by atoms with E-state index < -0.39 is 23.5 Å². The summed E-state index contributed by atoms with van der Waals surface area (Å²) in [6.07, 6.45) is -1.28. The summed E-state index contributed by atoms with van der Waals surface area (Å²) in [4.78, 5) is 22.9. The molecule has 0 saturated carbocycles. The lowest BCUT2D eigenvalue weighted by atomic mass is 9.87. The highest BCUT2D eigenvalue weighted by atomic mass is 16.5. The number of hydrogen-bond acceptors (Lipinski definition) is 4. The summed E-state index contributed by atoms with van der Waals surface area (Å²) in [5, 5.41) is 18.3. The van der Waals surface area contributed by atoms with Crippen molar-refractivity contribution in [3.63, 3.8) is 0 Å². The average Bonchev–Trinajstić information content (AvgIpc) is 2.41. The monoisotopic (exact) mass is 307 g/mol. The second-order valence-corrected chi connectivity index (χ2v) is 5.97. The lowest BCUT2D eigenvalue weighted by Gasteiger charge is -2.28. The summed E-state index contributed by atoms with van der Waals surface area (Å²) in [7, 11) is 0. The van der Waals surface area contributed by atoms with Gasteiger partial charge in [-0.05, 0) is 11.0 Å². The fraction of sp³-hybridized carbons (Fsp3) is 0.400. The molecule has 1 amide bonds. The van der Waals surface area contributed by atoms with Crippen LogP contribution in [0.25, 0.3) is 0 Å². The molecule has 0 aliphatic carbocycles. The van der Waals surface area contributed by atoms with Crippen molar-refractivity contribution in [3.8, 4) is 0 Å². The summed E-state index contributed by atoms with van der Waals surface area (Å²) < 4.78 is 5.17. The third-order valence-electron chi connectivity index (χ3n) is 3.02. The van der Waals surface area contributed by atoms with Gasteiger partial charge in [0, 0.05) is 5.56 Å². The van der Waals surface area contributed by atoms with Gasteiger partial charge < -0.3 is 20.9 Å². The highest BCUT2D eigenvalue weighted by Crippen LogP contribution is 2.21. The lowest BCUT2D eigenvalue weighted by Crippen LogP contribution is -2.49. The van der Waals surface area contributed by atoms with Crippen LogP contribution < -0.4 is 11.1 Å². The topological polar surface area (TPSA) is 126 Å². The van der Waals surface area contributed by atoms with Crippen LogP contribution in [0.1, 0.15) is 31.9 Å². The third-order valence-corrected chi connectivity index (χ3v) is 3.02. The highest BCUT2D eigenvalue weighted by Gasteiger charge is 2.34. The van der Waals surface area contributed by atoms with E-state index in [0.29, 0.717) is 5.56 Å². The summed E-state index contributed by atoms with van der Waals surface area (Å²) >= 11 is 0. The van der Waals surface area contributed by atoms with Gasteiger partial charge in [-0.1, -0.05) is 45.0 Å². The molecule has 120 valence electrons. The summed E-state index contributed by atoms with van der Waals surface area (Å²) in [6.45, 7) is 5.26. The fourth-order valence-corrected chi connectivity index (χ4v) is 1.77. The van der Waals surface area contributed by atoms with Crippen LogP contribution in [0, 0.1) is 10.8 Å². The van der Waals surface area contributed by atoms with Crippen molar-refractivity contribution in [3.05, 3.63) is 35.4 Å². The van der Waals surface area contributed by atoms with E-state index >= 15 is 0 Å². The van der Waals surface area contributed by atoms with Crippen molar-refractivity contribution in [2.75, 3.05) is 0 Å². The fourth-order valence-electron chi connectivity index (χ4n) is 1.77. The maximum atomic E-state index is 12.1. The Morgan fingerprint density at radius 1 is 1.32 bits per heavy atom. The molecule has 0 heterocycles. The van der Waals surface area contributed by atoms with Crippen molar-refractivity contribution in [2.24, 2.45) is 11.1 Å². The van der Waals surface area contributed by atoms with Gasteiger partial charge in [-0.3, -0.25) is 5.41 Å².